The topological polar surface area (TPSA) is 73.0 Å². The molecule has 3 rings (SSSR count). The maximum absolute atomic E-state index is 12.2. The minimum Gasteiger partial charge on any atom is -0.446 e. The molecular weight excluding hydrogens is 404 g/mol. The van der Waals surface area contributed by atoms with Crippen LogP contribution in [0, 0.1) is 0 Å². The SMILES string of the molecule is CCCn1c(SCC(=O)NC2CCCCC2)nnc1-c1ccc(Br)o1. The van der Waals surface area contributed by atoms with Gasteiger partial charge in [0.05, 0.1) is 5.75 Å². The van der Waals surface area contributed by atoms with Crippen LogP contribution in [0.4, 0.5) is 0 Å². The zero-order valence-corrected chi connectivity index (χ0v) is 16.7. The largest absolute Gasteiger partial charge is 0.446 e. The van der Waals surface area contributed by atoms with Gasteiger partial charge in [0, 0.05) is 12.6 Å². The number of hydrogen-bond acceptors (Lipinski definition) is 5. The molecule has 0 spiro atoms. The summed E-state index contributed by atoms with van der Waals surface area (Å²) in [5.41, 5.74) is 0. The van der Waals surface area contributed by atoms with Crippen molar-refractivity contribution >= 4 is 33.6 Å². The van der Waals surface area contributed by atoms with Crippen LogP contribution in [0.5, 0.6) is 0 Å². The van der Waals surface area contributed by atoms with Crippen LogP contribution in [0.2, 0.25) is 0 Å². The second kappa shape index (κ2) is 8.89. The van der Waals surface area contributed by atoms with E-state index in [1.54, 1.807) is 0 Å². The van der Waals surface area contributed by atoms with Gasteiger partial charge in [0.1, 0.15) is 0 Å². The highest BCUT2D eigenvalue weighted by atomic mass is 79.9. The highest BCUT2D eigenvalue weighted by Crippen LogP contribution is 2.27. The van der Waals surface area contributed by atoms with E-state index in [4.69, 9.17) is 4.42 Å². The monoisotopic (exact) mass is 426 g/mol. The number of nitrogens with zero attached hydrogens (tertiary/aromatic N) is 3. The lowest BCUT2D eigenvalue weighted by Gasteiger charge is -2.22. The molecule has 6 nitrogen and oxygen atoms in total. The normalized spacial score (nSPS) is 15.4. The van der Waals surface area contributed by atoms with E-state index in [9.17, 15) is 4.79 Å². The number of halogens is 1. The maximum atomic E-state index is 12.2. The molecule has 8 heteroatoms. The predicted octanol–water partition coefficient (Wildman–Crippen LogP) is 4.25. The predicted molar refractivity (Wildman–Crippen MR) is 101 cm³/mol. The summed E-state index contributed by atoms with van der Waals surface area (Å²) in [5, 5.41) is 12.4. The molecule has 25 heavy (non-hydrogen) atoms. The van der Waals surface area contributed by atoms with Gasteiger partial charge in [-0.1, -0.05) is 37.9 Å². The highest BCUT2D eigenvalue weighted by molar-refractivity contribution is 9.10. The van der Waals surface area contributed by atoms with Gasteiger partial charge in [-0.3, -0.25) is 9.36 Å². The Kier molecular flexibility index (Phi) is 6.58. The molecule has 0 radical (unpaired) electrons. The minimum absolute atomic E-state index is 0.0743. The van der Waals surface area contributed by atoms with E-state index in [0.717, 1.165) is 31.0 Å². The van der Waals surface area contributed by atoms with Crippen molar-refractivity contribution in [2.24, 2.45) is 0 Å². The van der Waals surface area contributed by atoms with Crippen LogP contribution >= 0.6 is 27.7 Å². The molecule has 136 valence electrons. The van der Waals surface area contributed by atoms with E-state index in [1.807, 2.05) is 16.7 Å². The van der Waals surface area contributed by atoms with Crippen LogP contribution in [0.1, 0.15) is 45.4 Å². The first-order chi connectivity index (χ1) is 12.2. The van der Waals surface area contributed by atoms with Crippen LogP contribution < -0.4 is 5.32 Å². The third-order valence-electron chi connectivity index (χ3n) is 4.26. The summed E-state index contributed by atoms with van der Waals surface area (Å²) >= 11 is 4.74. The highest BCUT2D eigenvalue weighted by Gasteiger charge is 2.19. The summed E-state index contributed by atoms with van der Waals surface area (Å²) < 4.78 is 8.28. The summed E-state index contributed by atoms with van der Waals surface area (Å²) in [5.74, 6) is 1.81. The van der Waals surface area contributed by atoms with Crippen molar-refractivity contribution in [3.63, 3.8) is 0 Å². The fraction of sp³-hybridized carbons (Fsp3) is 0.588. The Morgan fingerprint density at radius 2 is 2.16 bits per heavy atom. The van der Waals surface area contributed by atoms with Crippen LogP contribution in [-0.4, -0.2) is 32.5 Å². The first-order valence-corrected chi connectivity index (χ1v) is 10.6. The molecule has 2 heterocycles. The number of furan rings is 1. The van der Waals surface area contributed by atoms with Gasteiger partial charge < -0.3 is 9.73 Å². The number of aromatic nitrogens is 3. The molecule has 1 aliphatic rings. The molecule has 0 aliphatic heterocycles. The van der Waals surface area contributed by atoms with E-state index in [2.05, 4.69) is 38.4 Å². The number of amides is 1. The minimum atomic E-state index is 0.0743. The summed E-state index contributed by atoms with van der Waals surface area (Å²) in [4.78, 5) is 12.2. The maximum Gasteiger partial charge on any atom is 0.230 e. The van der Waals surface area contributed by atoms with E-state index in [0.29, 0.717) is 28.0 Å². The molecular formula is C17H23BrN4O2S. The first kappa shape index (κ1) is 18.5. The molecule has 1 amide bonds. The van der Waals surface area contributed by atoms with Crippen molar-refractivity contribution in [1.82, 2.24) is 20.1 Å². The van der Waals surface area contributed by atoms with Crippen molar-refractivity contribution < 1.29 is 9.21 Å². The van der Waals surface area contributed by atoms with Crippen LogP contribution in [0.25, 0.3) is 11.6 Å². The van der Waals surface area contributed by atoms with Crippen LogP contribution in [0.15, 0.2) is 26.4 Å². The van der Waals surface area contributed by atoms with Gasteiger partial charge in [0.15, 0.2) is 15.6 Å². The van der Waals surface area contributed by atoms with Gasteiger partial charge in [0.25, 0.3) is 0 Å². The van der Waals surface area contributed by atoms with Gasteiger partial charge in [-0.2, -0.15) is 0 Å². The van der Waals surface area contributed by atoms with Gasteiger partial charge in [-0.05, 0) is 47.3 Å². The van der Waals surface area contributed by atoms with E-state index in [1.165, 1.54) is 31.0 Å². The molecule has 0 bridgehead atoms. The average Bonchev–Trinajstić information content (AvgIpc) is 3.20. The fourth-order valence-corrected chi connectivity index (χ4v) is 4.17. The fourth-order valence-electron chi connectivity index (χ4n) is 3.08. The number of carbonyl (C=O) groups is 1. The zero-order valence-electron chi connectivity index (χ0n) is 14.3. The number of thioether (sulfide) groups is 1. The van der Waals surface area contributed by atoms with Gasteiger partial charge in [-0.15, -0.1) is 10.2 Å². The Bertz CT molecular complexity index is 709. The van der Waals surface area contributed by atoms with E-state index >= 15 is 0 Å². The molecule has 1 N–H and O–H groups in total. The molecule has 1 saturated carbocycles. The smallest absolute Gasteiger partial charge is 0.230 e. The number of nitrogens with one attached hydrogen (secondary N) is 1. The summed E-state index contributed by atoms with van der Waals surface area (Å²) in [7, 11) is 0. The molecule has 0 aromatic carbocycles. The van der Waals surface area contributed by atoms with E-state index in [-0.39, 0.29) is 5.91 Å². The number of carbonyl (C=O) groups excluding carboxylic acids is 1. The third kappa shape index (κ3) is 4.88. The van der Waals surface area contributed by atoms with Crippen molar-refractivity contribution in [3.8, 4) is 11.6 Å². The summed E-state index contributed by atoms with van der Waals surface area (Å²) in [6, 6.07) is 4.04. The summed E-state index contributed by atoms with van der Waals surface area (Å²) in [6.07, 6.45) is 6.86. The van der Waals surface area contributed by atoms with Crippen molar-refractivity contribution in [2.75, 3.05) is 5.75 Å². The van der Waals surface area contributed by atoms with Gasteiger partial charge in [-0.25, -0.2) is 0 Å². The Labute approximate surface area is 160 Å². The Morgan fingerprint density at radius 3 is 2.84 bits per heavy atom. The quantitative estimate of drug-likeness (QED) is 0.669. The molecule has 1 aliphatic carbocycles. The lowest BCUT2D eigenvalue weighted by molar-refractivity contribution is -0.119. The van der Waals surface area contributed by atoms with Crippen LogP contribution in [-0.2, 0) is 11.3 Å². The molecule has 1 fully saturated rings. The molecule has 2 aromatic rings. The lowest BCUT2D eigenvalue weighted by atomic mass is 9.95. The molecule has 2 aromatic heterocycles. The average molecular weight is 427 g/mol. The van der Waals surface area contributed by atoms with Crippen molar-refractivity contribution in [2.45, 2.75) is 63.2 Å². The van der Waals surface area contributed by atoms with E-state index < -0.39 is 0 Å². The number of rotatable bonds is 7. The second-order valence-corrected chi connectivity index (χ2v) is 7.98. The Morgan fingerprint density at radius 1 is 1.36 bits per heavy atom. The standard InChI is InChI=1S/C17H23BrN4O2S/c1-2-10-22-16(13-8-9-14(18)24-13)20-21-17(22)25-11-15(23)19-12-6-4-3-5-7-12/h8-9,12H,2-7,10-11H2,1H3,(H,19,23). The van der Waals surface area contributed by atoms with Crippen LogP contribution in [0.3, 0.4) is 0 Å². The van der Waals surface area contributed by atoms with Gasteiger partial charge >= 0.3 is 0 Å². The molecule has 0 saturated heterocycles. The third-order valence-corrected chi connectivity index (χ3v) is 5.65. The summed E-state index contributed by atoms with van der Waals surface area (Å²) in [6.45, 7) is 2.89. The Hall–Kier alpha value is -1.28. The molecule has 0 atom stereocenters. The van der Waals surface area contributed by atoms with Crippen molar-refractivity contribution in [3.05, 3.63) is 16.8 Å². The zero-order chi connectivity index (χ0) is 17.6. The lowest BCUT2D eigenvalue weighted by Crippen LogP contribution is -2.37. The van der Waals surface area contributed by atoms with Gasteiger partial charge in [0.2, 0.25) is 11.7 Å². The first-order valence-electron chi connectivity index (χ1n) is 8.78. The molecule has 0 unspecified atom stereocenters. The number of hydrogen-bond donors (Lipinski definition) is 1. The Balaban J connectivity index is 1.63. The second-order valence-electron chi connectivity index (χ2n) is 6.25. The van der Waals surface area contributed by atoms with Crippen molar-refractivity contribution in [1.29, 1.82) is 0 Å².